The van der Waals surface area contributed by atoms with Crippen LogP contribution in [0.3, 0.4) is 0 Å². The van der Waals surface area contributed by atoms with Crippen molar-refractivity contribution in [2.75, 3.05) is 26.2 Å². The fraction of sp³-hybridized carbons (Fsp3) is 0.680. The lowest BCUT2D eigenvalue weighted by atomic mass is 10.0. The van der Waals surface area contributed by atoms with Gasteiger partial charge in [-0.1, -0.05) is 24.3 Å². The Morgan fingerprint density at radius 1 is 1.18 bits per heavy atom. The molecule has 1 heterocycles. The summed E-state index contributed by atoms with van der Waals surface area (Å²) in [5.74, 6) is 1.52. The maximum atomic E-state index is 12.9. The van der Waals surface area contributed by atoms with Gasteiger partial charge in [0, 0.05) is 32.2 Å². The highest BCUT2D eigenvalue weighted by Gasteiger charge is 2.35. The molecule has 33 heavy (non-hydrogen) atoms. The summed E-state index contributed by atoms with van der Waals surface area (Å²) in [6.45, 7) is 11.7. The number of nitrogens with zero attached hydrogens (tertiary/aromatic N) is 3. The molecule has 8 heteroatoms. The van der Waals surface area contributed by atoms with Crippen LogP contribution in [0.5, 0.6) is 0 Å². The van der Waals surface area contributed by atoms with Gasteiger partial charge < -0.3 is 25.0 Å². The average Bonchev–Trinajstić information content (AvgIpc) is 3.58. The summed E-state index contributed by atoms with van der Waals surface area (Å²) in [4.78, 5) is 22.0. The molecule has 1 aliphatic heterocycles. The van der Waals surface area contributed by atoms with Gasteiger partial charge in [0.15, 0.2) is 5.96 Å². The molecule has 1 aliphatic carbocycles. The number of benzene rings is 1. The molecule has 2 fully saturated rings. The molecule has 0 atom stereocenters. The second kappa shape index (κ2) is 12.8. The van der Waals surface area contributed by atoms with Crippen molar-refractivity contribution in [3.8, 4) is 0 Å². The maximum absolute atomic E-state index is 12.9. The van der Waals surface area contributed by atoms with Gasteiger partial charge in [-0.15, -0.1) is 24.0 Å². The Kier molecular flexibility index (Phi) is 10.7. The summed E-state index contributed by atoms with van der Waals surface area (Å²) in [5.41, 5.74) is 1.48. The van der Waals surface area contributed by atoms with E-state index in [9.17, 15) is 9.90 Å². The zero-order valence-corrected chi connectivity index (χ0v) is 22.9. The van der Waals surface area contributed by atoms with E-state index in [-0.39, 0.29) is 42.7 Å². The van der Waals surface area contributed by atoms with Gasteiger partial charge in [0.2, 0.25) is 0 Å². The second-order valence-corrected chi connectivity index (χ2v) is 9.89. The average molecular weight is 573 g/mol. The lowest BCUT2D eigenvalue weighted by Gasteiger charge is -2.40. The van der Waals surface area contributed by atoms with Gasteiger partial charge in [0.25, 0.3) is 0 Å². The summed E-state index contributed by atoms with van der Waals surface area (Å²) in [5, 5.41) is 13.0. The minimum atomic E-state index is -0.477. The van der Waals surface area contributed by atoms with Crippen LogP contribution in [0.1, 0.15) is 64.5 Å². The number of carbonyl (C=O) groups is 1. The smallest absolute Gasteiger partial charge is 0.410 e. The van der Waals surface area contributed by atoms with Crippen molar-refractivity contribution < 1.29 is 14.6 Å². The lowest BCUT2D eigenvalue weighted by Crippen LogP contribution is -2.52. The molecule has 1 saturated carbocycles. The Morgan fingerprint density at radius 2 is 1.82 bits per heavy atom. The number of piperidine rings is 1. The van der Waals surface area contributed by atoms with Crippen molar-refractivity contribution in [2.45, 2.75) is 78.2 Å². The van der Waals surface area contributed by atoms with E-state index in [2.05, 4.69) is 17.1 Å². The molecule has 0 spiro atoms. The van der Waals surface area contributed by atoms with Crippen molar-refractivity contribution in [3.63, 3.8) is 0 Å². The highest BCUT2D eigenvalue weighted by Crippen LogP contribution is 2.32. The van der Waals surface area contributed by atoms with Crippen LogP contribution in [0.2, 0.25) is 0 Å². The van der Waals surface area contributed by atoms with Gasteiger partial charge in [-0.2, -0.15) is 0 Å². The third-order valence-electron chi connectivity index (χ3n) is 6.01. The van der Waals surface area contributed by atoms with Crippen molar-refractivity contribution in [1.82, 2.24) is 15.1 Å². The topological polar surface area (TPSA) is 77.4 Å². The molecule has 1 saturated heterocycles. The van der Waals surface area contributed by atoms with E-state index in [1.165, 1.54) is 12.8 Å². The first-order chi connectivity index (χ1) is 15.3. The van der Waals surface area contributed by atoms with Crippen LogP contribution >= 0.6 is 24.0 Å². The number of aliphatic hydroxyl groups excluding tert-OH is 1. The van der Waals surface area contributed by atoms with E-state index in [0.717, 1.165) is 56.1 Å². The van der Waals surface area contributed by atoms with Crippen molar-refractivity contribution in [2.24, 2.45) is 10.9 Å². The molecule has 3 rings (SSSR count). The van der Waals surface area contributed by atoms with E-state index in [1.807, 2.05) is 49.9 Å². The van der Waals surface area contributed by atoms with Crippen LogP contribution in [0.15, 0.2) is 29.3 Å². The number of ether oxygens (including phenoxy) is 1. The van der Waals surface area contributed by atoms with E-state index in [0.29, 0.717) is 12.5 Å². The monoisotopic (exact) mass is 572 g/mol. The summed E-state index contributed by atoms with van der Waals surface area (Å²) < 4.78 is 5.72. The second-order valence-electron chi connectivity index (χ2n) is 9.89. The van der Waals surface area contributed by atoms with Gasteiger partial charge >= 0.3 is 6.09 Å². The van der Waals surface area contributed by atoms with E-state index < -0.39 is 5.60 Å². The number of carbonyl (C=O) groups excluding carboxylic acids is 1. The molecule has 1 aromatic carbocycles. The van der Waals surface area contributed by atoms with Gasteiger partial charge in [0.1, 0.15) is 5.60 Å². The molecule has 2 N–H and O–H groups in total. The summed E-state index contributed by atoms with van der Waals surface area (Å²) >= 11 is 0. The Balaban J connectivity index is 0.00000385. The number of amides is 1. The zero-order valence-electron chi connectivity index (χ0n) is 20.5. The Morgan fingerprint density at radius 3 is 2.36 bits per heavy atom. The molecule has 186 valence electrons. The molecule has 7 nitrogen and oxygen atoms in total. The number of hydrogen-bond acceptors (Lipinski definition) is 4. The number of likely N-dealkylation sites (tertiary alicyclic amines) is 1. The number of rotatable bonds is 7. The highest BCUT2D eigenvalue weighted by atomic mass is 127. The lowest BCUT2D eigenvalue weighted by molar-refractivity contribution is 0.00928. The fourth-order valence-electron chi connectivity index (χ4n) is 4.11. The number of aliphatic imine (C=N–C) groups is 1. The van der Waals surface area contributed by atoms with Gasteiger partial charge in [-0.25, -0.2) is 9.79 Å². The first-order valence-corrected chi connectivity index (χ1v) is 12.0. The highest BCUT2D eigenvalue weighted by molar-refractivity contribution is 14.0. The molecule has 0 aromatic heterocycles. The van der Waals surface area contributed by atoms with Crippen LogP contribution in [0.4, 0.5) is 4.79 Å². The Hall–Kier alpha value is -1.55. The summed E-state index contributed by atoms with van der Waals surface area (Å²) in [7, 11) is 0. The van der Waals surface area contributed by atoms with Crippen LogP contribution in [0.25, 0.3) is 0 Å². The summed E-state index contributed by atoms with van der Waals surface area (Å²) in [6.07, 6.45) is 4.06. The molecule has 0 unspecified atom stereocenters. The van der Waals surface area contributed by atoms with Crippen molar-refractivity contribution in [1.29, 1.82) is 0 Å². The van der Waals surface area contributed by atoms with Crippen molar-refractivity contribution in [3.05, 3.63) is 35.4 Å². The van der Waals surface area contributed by atoms with Crippen LogP contribution < -0.4 is 5.32 Å². The number of aliphatic hydroxyl groups is 1. The summed E-state index contributed by atoms with van der Waals surface area (Å²) in [6, 6.07) is 8.08. The normalized spacial score (nSPS) is 17.4. The standard InChI is InChI=1S/C25H40N4O3.HI/c1-5-26-23(27-16-20-8-6-7-9-21(20)18-30)28-14-12-22(13-15-28)29(17-19-10-11-19)24(31)32-25(2,3)4;/h6-9,19,22,30H,5,10-18H2,1-4H3,(H,26,27);1H. The van der Waals surface area contributed by atoms with Crippen LogP contribution in [0, 0.1) is 5.92 Å². The van der Waals surface area contributed by atoms with Gasteiger partial charge in [-0.05, 0) is 70.4 Å². The SMILES string of the molecule is CCNC(=NCc1ccccc1CO)N1CCC(N(CC2CC2)C(=O)OC(C)(C)C)CC1.I. The van der Waals surface area contributed by atoms with E-state index in [1.54, 1.807) is 0 Å². The fourth-order valence-corrected chi connectivity index (χ4v) is 4.11. The quantitative estimate of drug-likeness (QED) is 0.288. The Labute approximate surface area is 216 Å². The largest absolute Gasteiger partial charge is 0.444 e. The molecule has 2 aliphatic rings. The first-order valence-electron chi connectivity index (χ1n) is 12.0. The molecular weight excluding hydrogens is 531 g/mol. The maximum Gasteiger partial charge on any atom is 0.410 e. The molecule has 0 radical (unpaired) electrons. The minimum absolute atomic E-state index is 0. The molecular formula is C25H41IN4O3. The number of hydrogen-bond donors (Lipinski definition) is 2. The predicted molar refractivity (Wildman–Crippen MR) is 143 cm³/mol. The third-order valence-corrected chi connectivity index (χ3v) is 6.01. The van der Waals surface area contributed by atoms with Gasteiger partial charge in [-0.3, -0.25) is 0 Å². The number of halogens is 1. The zero-order chi connectivity index (χ0) is 23.1. The predicted octanol–water partition coefficient (Wildman–Crippen LogP) is 4.37. The number of guanidine groups is 1. The van der Waals surface area contributed by atoms with Gasteiger partial charge in [0.05, 0.1) is 13.2 Å². The number of nitrogens with one attached hydrogen (secondary N) is 1. The molecule has 1 amide bonds. The third kappa shape index (κ3) is 8.63. The molecule has 0 bridgehead atoms. The van der Waals surface area contributed by atoms with Crippen LogP contribution in [-0.4, -0.2) is 64.8 Å². The van der Waals surface area contributed by atoms with Crippen molar-refractivity contribution >= 4 is 36.0 Å². The van der Waals surface area contributed by atoms with Crippen LogP contribution in [-0.2, 0) is 17.9 Å². The first kappa shape index (κ1) is 27.7. The molecule has 1 aromatic rings. The van der Waals surface area contributed by atoms with E-state index in [4.69, 9.17) is 9.73 Å². The van der Waals surface area contributed by atoms with E-state index >= 15 is 0 Å². The Bertz CT molecular complexity index is 784. The minimum Gasteiger partial charge on any atom is -0.444 e.